The SMILES string of the molecule is CC(NC(CCc1ccccc1)C(=O)OCCCCO[N+](=O)[O-])C(=O)N1C(=O)N(C)CC1C(=O)O.CC(NC(CCc1ccccc1)C(=O)OCCCO[N+](=O)[O-])C(=O)N1C(=O)N(C)CC1C(=O)O.CC(NC(CCc1ccccc1)C(=O)OCCSCCO[N+](=O)[O-])C(=O)N1C(C(=O)O)CC2CCCC21. The molecule has 3 saturated heterocycles. The summed E-state index contributed by atoms with van der Waals surface area (Å²) in [6, 6.07) is 17.8. The van der Waals surface area contributed by atoms with Crippen LogP contribution in [0.2, 0.25) is 0 Å². The molecule has 11 atom stereocenters. The fraction of sp³-hybridized carbons (Fsp3) is 0.574. The van der Waals surface area contributed by atoms with E-state index < -0.39 is 129 Å². The maximum atomic E-state index is 13.4. The average Bonchev–Trinajstić information content (AvgIpc) is 1.63. The molecule has 582 valence electrons. The van der Waals surface area contributed by atoms with Crippen LogP contribution in [0.1, 0.15) is 102 Å². The maximum Gasteiger partial charge on any atom is 0.328 e. The average molecular weight is 1510 g/mol. The molecule has 4 aliphatic rings. The number of urea groups is 2. The van der Waals surface area contributed by atoms with Crippen molar-refractivity contribution >= 4 is 77.4 Å². The van der Waals surface area contributed by atoms with Crippen molar-refractivity contribution in [2.24, 2.45) is 5.92 Å². The van der Waals surface area contributed by atoms with Crippen molar-refractivity contribution in [3.8, 4) is 0 Å². The Morgan fingerprint density at radius 2 is 0.840 bits per heavy atom. The lowest BCUT2D eigenvalue weighted by atomic mass is 10.0. The van der Waals surface area contributed by atoms with Gasteiger partial charge >= 0.3 is 47.9 Å². The van der Waals surface area contributed by atoms with Gasteiger partial charge in [0.2, 0.25) is 17.7 Å². The topological polar surface area (TPSA) is 486 Å². The second-order valence-electron chi connectivity index (χ2n) is 25.3. The molecule has 6 N–H and O–H groups in total. The minimum Gasteiger partial charge on any atom is -0.480 e. The van der Waals surface area contributed by atoms with E-state index in [0.29, 0.717) is 66.3 Å². The number of rotatable bonds is 42. The van der Waals surface area contributed by atoms with Crippen LogP contribution in [-0.2, 0) is 91.1 Å². The summed E-state index contributed by atoms with van der Waals surface area (Å²) < 4.78 is 15.9. The molecular formula is C68H93N11O26S. The number of carboxylic acid groups (broad SMARTS) is 3. The number of likely N-dealkylation sites (N-methyl/N-ethyl adjacent to an activating group) is 2. The van der Waals surface area contributed by atoms with Gasteiger partial charge in [-0.25, -0.2) is 33.8 Å². The Balaban J connectivity index is 0.000000286. The van der Waals surface area contributed by atoms with Crippen molar-refractivity contribution in [3.05, 3.63) is 138 Å². The van der Waals surface area contributed by atoms with Crippen LogP contribution in [0, 0.1) is 36.3 Å². The van der Waals surface area contributed by atoms with Crippen molar-refractivity contribution in [2.45, 2.75) is 165 Å². The monoisotopic (exact) mass is 1510 g/mol. The molecule has 3 heterocycles. The van der Waals surface area contributed by atoms with E-state index >= 15 is 0 Å². The standard InChI is InChI=1S/C25H35N3O8S.C22H30N4O9.C21H28N4O9/c1-17(23(29)27-21-9-5-8-19(21)16-22(27)24(30)31)26-20(11-10-18-6-3-2-4-7-18)25(32)35-12-14-37-15-13-36-28(33)34;1-15(19(27)25-18(20(28)29)14-24(2)22(25)31)23-17(11-10-16-8-4-3-5-9-16)21(30)34-12-6-7-13-35-26(32)33;1-14(18(26)24-17(19(27)28)13-23(2)21(24)30)22-16(10-9-15-7-4-3-5-8-15)20(29)33-11-6-12-34-25(31)32/h2-4,6-7,17,19-22,26H,5,8-16H2,1H3,(H,30,31);3-5,8-9,15,17-18,23H,6-7,10-14H2,1-2H3,(H,28,29);3-5,7-8,14,16-17,22H,6,9-13H2,1-2H3,(H,27,28). The van der Waals surface area contributed by atoms with Crippen LogP contribution in [0.25, 0.3) is 0 Å². The molecule has 1 aliphatic carbocycles. The fourth-order valence-electron chi connectivity index (χ4n) is 12.3. The van der Waals surface area contributed by atoms with Crippen molar-refractivity contribution in [1.29, 1.82) is 0 Å². The Morgan fingerprint density at radius 1 is 0.491 bits per heavy atom. The molecular weight excluding hydrogens is 1420 g/mol. The number of nitrogens with zero attached hydrogens (tertiary/aromatic N) is 8. The number of benzene rings is 3. The van der Waals surface area contributed by atoms with Crippen molar-refractivity contribution in [3.63, 3.8) is 0 Å². The first-order valence-electron chi connectivity index (χ1n) is 34.5. The summed E-state index contributed by atoms with van der Waals surface area (Å²) in [6.45, 7) is 3.87. The zero-order chi connectivity index (χ0) is 78.0. The predicted molar refractivity (Wildman–Crippen MR) is 373 cm³/mol. The number of aryl methyl sites for hydroxylation is 3. The van der Waals surface area contributed by atoms with Gasteiger partial charge in [-0.15, -0.1) is 30.3 Å². The number of carboxylic acids is 3. The number of hydrogen-bond acceptors (Lipinski definition) is 27. The van der Waals surface area contributed by atoms with Gasteiger partial charge < -0.3 is 58.7 Å². The Bertz CT molecular complexity index is 3440. The van der Waals surface area contributed by atoms with E-state index in [9.17, 15) is 98.4 Å². The molecule has 7 amide bonds. The van der Waals surface area contributed by atoms with Gasteiger partial charge in [0.15, 0.2) is 12.1 Å². The molecule has 106 heavy (non-hydrogen) atoms. The normalized spacial score (nSPS) is 18.9. The van der Waals surface area contributed by atoms with Gasteiger partial charge in [-0.1, -0.05) is 97.4 Å². The van der Waals surface area contributed by atoms with Crippen LogP contribution in [0.4, 0.5) is 9.59 Å². The third kappa shape index (κ3) is 27.9. The molecule has 11 unspecified atom stereocenters. The zero-order valence-corrected chi connectivity index (χ0v) is 60.3. The van der Waals surface area contributed by atoms with E-state index in [1.54, 1.807) is 6.92 Å². The Labute approximate surface area is 614 Å². The molecule has 1 saturated carbocycles. The van der Waals surface area contributed by atoms with Crippen LogP contribution in [0.3, 0.4) is 0 Å². The smallest absolute Gasteiger partial charge is 0.328 e. The minimum absolute atomic E-state index is 0.00223. The number of ether oxygens (including phenoxy) is 3. The number of amides is 7. The summed E-state index contributed by atoms with van der Waals surface area (Å²) >= 11 is 1.36. The van der Waals surface area contributed by atoms with E-state index in [2.05, 4.69) is 30.5 Å². The highest BCUT2D eigenvalue weighted by Crippen LogP contribution is 2.41. The number of hydrogen-bond donors (Lipinski definition) is 6. The number of nitrogens with one attached hydrogen (secondary N) is 3. The maximum absolute atomic E-state index is 13.4. The lowest BCUT2D eigenvalue weighted by Gasteiger charge is -2.32. The second-order valence-corrected chi connectivity index (χ2v) is 26.5. The number of likely N-dealkylation sites (tertiary alicyclic amines) is 1. The van der Waals surface area contributed by atoms with Crippen LogP contribution < -0.4 is 16.0 Å². The van der Waals surface area contributed by atoms with Crippen molar-refractivity contribution in [1.82, 2.24) is 40.4 Å². The molecule has 0 aromatic heterocycles. The molecule has 7 rings (SSSR count). The molecule has 0 bridgehead atoms. The highest BCUT2D eigenvalue weighted by atomic mass is 32.2. The molecule has 3 aromatic rings. The number of carbonyl (C=O) groups excluding carboxylic acids is 8. The molecule has 4 fully saturated rings. The zero-order valence-electron chi connectivity index (χ0n) is 59.5. The van der Waals surface area contributed by atoms with Gasteiger partial charge in [0, 0.05) is 38.1 Å². The summed E-state index contributed by atoms with van der Waals surface area (Å²) in [6.07, 6.45) is 6.44. The largest absolute Gasteiger partial charge is 0.480 e. The molecule has 37 nitrogen and oxygen atoms in total. The Kier molecular flexibility index (Phi) is 36.2. The summed E-state index contributed by atoms with van der Waals surface area (Å²) in [5.74, 6) is -6.20. The van der Waals surface area contributed by atoms with E-state index in [-0.39, 0.29) is 89.9 Å². The van der Waals surface area contributed by atoms with E-state index in [4.69, 9.17) is 14.2 Å². The van der Waals surface area contributed by atoms with Gasteiger partial charge in [0.25, 0.3) is 15.3 Å². The lowest BCUT2D eigenvalue weighted by molar-refractivity contribution is -0.757. The quantitative estimate of drug-likeness (QED) is 0.0155. The fourth-order valence-corrected chi connectivity index (χ4v) is 12.9. The van der Waals surface area contributed by atoms with Crippen LogP contribution >= 0.6 is 11.8 Å². The Morgan fingerprint density at radius 3 is 1.24 bits per heavy atom. The first kappa shape index (κ1) is 86.3. The number of thioether (sulfide) groups is 1. The first-order chi connectivity index (χ1) is 50.5. The van der Waals surface area contributed by atoms with Crippen LogP contribution in [0.5, 0.6) is 0 Å². The van der Waals surface area contributed by atoms with Crippen molar-refractivity contribution in [2.75, 3.05) is 78.3 Å². The molecule has 38 heteroatoms. The van der Waals surface area contributed by atoms with E-state index in [1.165, 1.54) is 44.6 Å². The van der Waals surface area contributed by atoms with Gasteiger partial charge in [-0.2, -0.15) is 11.8 Å². The molecule has 3 aliphatic heterocycles. The number of aliphatic carboxylic acids is 3. The van der Waals surface area contributed by atoms with Gasteiger partial charge in [0.1, 0.15) is 37.4 Å². The van der Waals surface area contributed by atoms with Crippen LogP contribution in [-0.4, -0.2) is 259 Å². The summed E-state index contributed by atoms with van der Waals surface area (Å²) in [5.41, 5.74) is 2.95. The highest BCUT2D eigenvalue weighted by molar-refractivity contribution is 7.99. The molecule has 3 aromatic carbocycles. The number of esters is 3. The van der Waals surface area contributed by atoms with E-state index in [0.717, 1.165) is 45.8 Å². The van der Waals surface area contributed by atoms with Crippen molar-refractivity contribution < 1.29 is 112 Å². The second kappa shape index (κ2) is 44.5. The summed E-state index contributed by atoms with van der Waals surface area (Å²) in [5, 5.41) is 65.2. The van der Waals surface area contributed by atoms with E-state index in [1.807, 2.05) is 91.0 Å². The predicted octanol–water partition coefficient (Wildman–Crippen LogP) is 3.60. The van der Waals surface area contributed by atoms with Gasteiger partial charge in [-0.05, 0) is 114 Å². The molecule has 0 spiro atoms. The van der Waals surface area contributed by atoms with Crippen LogP contribution in [0.15, 0.2) is 91.0 Å². The minimum atomic E-state index is -1.33. The first-order valence-corrected chi connectivity index (χ1v) is 35.6. The number of carbonyl (C=O) groups is 11. The lowest BCUT2D eigenvalue weighted by Crippen LogP contribution is -2.55. The third-order valence-electron chi connectivity index (χ3n) is 17.6. The van der Waals surface area contributed by atoms with Gasteiger partial charge in [-0.3, -0.25) is 44.7 Å². The van der Waals surface area contributed by atoms with Gasteiger partial charge in [0.05, 0.1) is 57.6 Å². The third-order valence-corrected chi connectivity index (χ3v) is 18.5. The highest BCUT2D eigenvalue weighted by Gasteiger charge is 2.51. The number of unbranched alkanes of at least 4 members (excludes halogenated alkanes) is 1. The summed E-state index contributed by atoms with van der Waals surface area (Å²) in [7, 11) is 2.80. The number of imide groups is 2. The summed E-state index contributed by atoms with van der Waals surface area (Å²) in [4.78, 5) is 186. The number of fused-ring (bicyclic) bond motifs is 1. The Hall–Kier alpha value is -10.3. The molecule has 0 radical (unpaired) electrons.